The fourth-order valence-corrected chi connectivity index (χ4v) is 5.00. The van der Waals surface area contributed by atoms with Crippen molar-refractivity contribution in [3.63, 3.8) is 0 Å². The molecule has 6 N–H and O–H groups in total. The number of hydrogen-bond acceptors (Lipinski definition) is 9. The van der Waals surface area contributed by atoms with Crippen LogP contribution in [0, 0.1) is 5.82 Å². The first kappa shape index (κ1) is 28.6. The van der Waals surface area contributed by atoms with Crippen LogP contribution in [-0.2, 0) is 11.3 Å². The average Bonchev–Trinajstić information content (AvgIpc) is 3.45. The SMILES string of the molecule is N/C(=C\N(N)c1ccc(C(=O)N2CCOCC2)cc1)c1n[nH]c2ccc(Cn3nc(-c4cc(O)cc(F)c4)ccc3=O)cc12. The maximum Gasteiger partial charge on any atom is 0.267 e. The molecule has 44 heavy (non-hydrogen) atoms. The third kappa shape index (κ3) is 6.00. The molecule has 0 saturated carbocycles. The van der Waals surface area contributed by atoms with Crippen molar-refractivity contribution in [3.8, 4) is 17.0 Å². The van der Waals surface area contributed by atoms with Crippen LogP contribution in [-0.4, -0.2) is 62.2 Å². The molecular formula is C31H29FN8O4. The number of H-pyrrole nitrogens is 1. The van der Waals surface area contributed by atoms with Crippen molar-refractivity contribution in [2.75, 3.05) is 31.3 Å². The summed E-state index contributed by atoms with van der Waals surface area (Å²) in [6, 6.07) is 18.8. The number of benzene rings is 3. The van der Waals surface area contributed by atoms with Crippen molar-refractivity contribution in [2.24, 2.45) is 11.6 Å². The highest BCUT2D eigenvalue weighted by molar-refractivity contribution is 5.95. The number of nitrogens with two attached hydrogens (primary N) is 2. The lowest BCUT2D eigenvalue weighted by Crippen LogP contribution is -2.40. The minimum atomic E-state index is -0.616. The van der Waals surface area contributed by atoms with Crippen LogP contribution in [0.1, 0.15) is 21.6 Å². The van der Waals surface area contributed by atoms with Gasteiger partial charge in [-0.15, -0.1) is 0 Å². The largest absolute Gasteiger partial charge is 0.508 e. The molecule has 0 atom stereocenters. The lowest BCUT2D eigenvalue weighted by atomic mass is 10.1. The maximum absolute atomic E-state index is 13.8. The molecule has 5 aromatic rings. The Kier molecular flexibility index (Phi) is 7.79. The molecule has 0 radical (unpaired) electrons. The van der Waals surface area contributed by atoms with Gasteiger partial charge in [0.15, 0.2) is 0 Å². The number of aromatic nitrogens is 4. The first-order valence-corrected chi connectivity index (χ1v) is 13.8. The molecule has 3 aromatic carbocycles. The highest BCUT2D eigenvalue weighted by atomic mass is 19.1. The van der Waals surface area contributed by atoms with E-state index in [0.29, 0.717) is 59.9 Å². The number of aromatic hydroxyl groups is 1. The molecule has 6 rings (SSSR count). The van der Waals surface area contributed by atoms with Gasteiger partial charge in [-0.05, 0) is 60.2 Å². The lowest BCUT2D eigenvalue weighted by molar-refractivity contribution is 0.0303. The molecule has 1 aliphatic rings. The van der Waals surface area contributed by atoms with E-state index < -0.39 is 5.82 Å². The van der Waals surface area contributed by atoms with Crippen molar-refractivity contribution in [1.82, 2.24) is 24.9 Å². The van der Waals surface area contributed by atoms with Crippen LogP contribution in [0.4, 0.5) is 10.1 Å². The Morgan fingerprint density at radius 2 is 1.84 bits per heavy atom. The summed E-state index contributed by atoms with van der Waals surface area (Å²) in [6.07, 6.45) is 1.53. The van der Waals surface area contributed by atoms with Gasteiger partial charge in [0.05, 0.1) is 42.4 Å². The Balaban J connectivity index is 1.22. The monoisotopic (exact) mass is 596 g/mol. The van der Waals surface area contributed by atoms with Gasteiger partial charge in [-0.1, -0.05) is 6.07 Å². The molecule has 224 valence electrons. The average molecular weight is 597 g/mol. The maximum atomic E-state index is 13.8. The molecule has 1 saturated heterocycles. The number of carbonyl (C=O) groups is 1. The van der Waals surface area contributed by atoms with E-state index in [0.717, 1.165) is 17.1 Å². The Morgan fingerprint density at radius 3 is 2.59 bits per heavy atom. The van der Waals surface area contributed by atoms with Crippen LogP contribution >= 0.6 is 0 Å². The number of nitrogens with one attached hydrogen (secondary N) is 1. The van der Waals surface area contributed by atoms with E-state index in [1.165, 1.54) is 40.2 Å². The molecule has 0 unspecified atom stereocenters. The number of anilines is 1. The van der Waals surface area contributed by atoms with Crippen LogP contribution in [0.15, 0.2) is 83.8 Å². The Hall–Kier alpha value is -5.53. The standard InChI is InChI=1S/C31H29FN8O4/c32-22-14-21(15-24(41)16-22)27-7-8-29(42)40(37-27)17-19-1-6-28-25(13-19)30(36-35-28)26(33)18-39(34)23-4-2-20(3-5-23)31(43)38-9-11-44-12-10-38/h1-8,13-16,18,41H,9-12,17,33-34H2,(H,35,36)/b26-18-. The van der Waals surface area contributed by atoms with Crippen molar-refractivity contribution in [2.45, 2.75) is 6.54 Å². The van der Waals surface area contributed by atoms with Gasteiger partial charge < -0.3 is 20.5 Å². The van der Waals surface area contributed by atoms with Gasteiger partial charge in [0.1, 0.15) is 17.3 Å². The Labute approximate surface area is 250 Å². The highest BCUT2D eigenvalue weighted by Gasteiger charge is 2.19. The molecule has 0 bridgehead atoms. The summed E-state index contributed by atoms with van der Waals surface area (Å²) in [6.45, 7) is 2.29. The van der Waals surface area contributed by atoms with E-state index in [4.69, 9.17) is 16.3 Å². The van der Waals surface area contributed by atoms with E-state index in [1.54, 1.807) is 29.2 Å². The van der Waals surface area contributed by atoms with E-state index >= 15 is 0 Å². The number of aromatic amines is 1. The van der Waals surface area contributed by atoms with Crippen molar-refractivity contribution in [1.29, 1.82) is 0 Å². The van der Waals surface area contributed by atoms with E-state index in [1.807, 2.05) is 18.2 Å². The van der Waals surface area contributed by atoms with Gasteiger partial charge in [0, 0.05) is 47.9 Å². The molecule has 0 aliphatic carbocycles. The number of phenolic OH excluding ortho intramolecular Hbond substituents is 1. The minimum Gasteiger partial charge on any atom is -0.508 e. The number of ether oxygens (including phenoxy) is 1. The number of hydrogen-bond donors (Lipinski definition) is 4. The van der Waals surface area contributed by atoms with E-state index in [-0.39, 0.29) is 29.5 Å². The predicted octanol–water partition coefficient (Wildman–Crippen LogP) is 2.79. The fourth-order valence-electron chi connectivity index (χ4n) is 5.00. The zero-order valence-corrected chi connectivity index (χ0v) is 23.5. The third-order valence-corrected chi connectivity index (χ3v) is 7.27. The van der Waals surface area contributed by atoms with Crippen LogP contribution in [0.2, 0.25) is 0 Å². The van der Waals surface area contributed by atoms with E-state index in [9.17, 15) is 19.1 Å². The van der Waals surface area contributed by atoms with Gasteiger partial charge in [0.2, 0.25) is 0 Å². The molecule has 1 fully saturated rings. The normalized spacial score (nSPS) is 13.8. The molecule has 0 spiro atoms. The third-order valence-electron chi connectivity index (χ3n) is 7.27. The number of phenols is 1. The molecule has 1 aliphatic heterocycles. The van der Waals surface area contributed by atoms with Crippen LogP contribution in [0.25, 0.3) is 27.9 Å². The zero-order valence-electron chi connectivity index (χ0n) is 23.5. The summed E-state index contributed by atoms with van der Waals surface area (Å²) in [4.78, 5) is 27.1. The second-order valence-corrected chi connectivity index (χ2v) is 10.3. The van der Waals surface area contributed by atoms with Gasteiger partial charge in [-0.25, -0.2) is 14.9 Å². The number of amides is 1. The van der Waals surface area contributed by atoms with E-state index in [2.05, 4.69) is 15.3 Å². The summed E-state index contributed by atoms with van der Waals surface area (Å²) in [7, 11) is 0. The van der Waals surface area contributed by atoms with Gasteiger partial charge >= 0.3 is 0 Å². The van der Waals surface area contributed by atoms with Gasteiger partial charge in [-0.2, -0.15) is 10.2 Å². The van der Waals surface area contributed by atoms with Crippen molar-refractivity contribution >= 4 is 28.2 Å². The second-order valence-electron chi connectivity index (χ2n) is 10.3. The molecule has 12 nitrogen and oxygen atoms in total. The van der Waals surface area contributed by atoms with Gasteiger partial charge in [0.25, 0.3) is 11.5 Å². The smallest absolute Gasteiger partial charge is 0.267 e. The Bertz CT molecular complexity index is 1910. The minimum absolute atomic E-state index is 0.0604. The summed E-state index contributed by atoms with van der Waals surface area (Å²) in [5.74, 6) is 5.37. The number of nitrogens with zero attached hydrogens (tertiary/aromatic N) is 5. The summed E-state index contributed by atoms with van der Waals surface area (Å²) in [5, 5.41) is 23.5. The number of carbonyl (C=O) groups excluding carboxylic acids is 1. The molecule has 13 heteroatoms. The topological polar surface area (TPSA) is 169 Å². The second kappa shape index (κ2) is 12.0. The number of morpholine rings is 1. The summed E-state index contributed by atoms with van der Waals surface area (Å²) >= 11 is 0. The first-order chi connectivity index (χ1) is 21.2. The number of hydrazine groups is 1. The fraction of sp³-hybridized carbons (Fsp3) is 0.161. The number of rotatable bonds is 7. The predicted molar refractivity (Wildman–Crippen MR) is 163 cm³/mol. The number of halogens is 1. The van der Waals surface area contributed by atoms with Crippen molar-refractivity contribution < 1.29 is 19.0 Å². The molecule has 1 amide bonds. The quantitative estimate of drug-likeness (QED) is 0.163. The number of fused-ring (bicyclic) bond motifs is 1. The highest BCUT2D eigenvalue weighted by Crippen LogP contribution is 2.25. The van der Waals surface area contributed by atoms with Crippen LogP contribution in [0.3, 0.4) is 0 Å². The van der Waals surface area contributed by atoms with Gasteiger partial charge in [-0.3, -0.25) is 19.7 Å². The first-order valence-electron chi connectivity index (χ1n) is 13.8. The van der Waals surface area contributed by atoms with Crippen LogP contribution < -0.4 is 22.1 Å². The molecule has 2 aromatic heterocycles. The Morgan fingerprint density at radius 1 is 1.07 bits per heavy atom. The molecule has 3 heterocycles. The summed E-state index contributed by atoms with van der Waals surface area (Å²) in [5.41, 5.74) is 10.1. The van der Waals surface area contributed by atoms with Crippen molar-refractivity contribution in [3.05, 3.63) is 112 Å². The lowest BCUT2D eigenvalue weighted by Gasteiger charge is -2.27. The molecular weight excluding hydrogens is 567 g/mol. The summed E-state index contributed by atoms with van der Waals surface area (Å²) < 4.78 is 20.4. The van der Waals surface area contributed by atoms with Crippen LogP contribution in [0.5, 0.6) is 5.75 Å². The zero-order chi connectivity index (χ0) is 30.8.